The van der Waals surface area contributed by atoms with Gasteiger partial charge in [0.05, 0.1) is 106 Å². The Morgan fingerprint density at radius 2 is 1.48 bits per heavy atom. The highest BCUT2D eigenvalue weighted by atomic mass is 32.2. The summed E-state index contributed by atoms with van der Waals surface area (Å²) in [5.41, 5.74) is 9.73. The first-order valence-corrected chi connectivity index (χ1v) is 30.5. The number of carbonyl (C=O) groups excluding carboxylic acids is 4. The first-order chi connectivity index (χ1) is 40.7. The summed E-state index contributed by atoms with van der Waals surface area (Å²) in [5, 5.41) is 19.9. The van der Waals surface area contributed by atoms with E-state index in [4.69, 9.17) is 33.2 Å². The SMILES string of the molecule is CC(C)(C)S(=O)(=O)c1cc2c(Nc3ccc4scnc4c3)ccnc2cc1OCCOCCOCCOCCOCC(=O)NCC(=O)N1CCC(OC(=O)Oc2ccc([N+](=O)[O-])cc2)C1.CC(C)C.Cc1ncsc1-c1ccc(CNC=O)cc1. The normalized spacial score (nSPS) is 13.1. The standard InChI is InChI=1S/C43H50N6O14S2.C12H12N2OS.C4H10/c1-43(2,3)65(55,56)39-23-33-34(47-29-4-9-38-36(22-29)46-28-64-38)10-12-44-35(33)24-37(39)61-21-20-59-17-16-57-14-15-58-18-19-60-27-40(50)45-25-41(51)48-13-11-32(26-48)63-42(52)62-31-7-5-30(6-8-31)49(53)54;1-9-12(16-8-14-9)11-4-2-10(3-5-11)6-13-7-15;1-4(2)3/h4-10,12,22-24,28,32H,11,13-21,25-27H2,1-3H3,(H,44,47)(H,45,50);2-5,7-8H,6H2,1H3,(H,13,15);4H,1-3H3. The van der Waals surface area contributed by atoms with Crippen LogP contribution in [0.4, 0.5) is 21.9 Å². The number of nitrogens with zero attached hydrogens (tertiary/aromatic N) is 5. The van der Waals surface area contributed by atoms with E-state index in [9.17, 15) is 37.7 Å². The van der Waals surface area contributed by atoms with Crippen molar-refractivity contribution in [1.82, 2.24) is 30.5 Å². The molecule has 7 aromatic rings. The molecule has 3 amide bonds. The number of rotatable bonds is 27. The molecular weight excluding hydrogens is 1160 g/mol. The Labute approximate surface area is 501 Å². The van der Waals surface area contributed by atoms with E-state index in [0.29, 0.717) is 49.1 Å². The fourth-order valence-corrected chi connectivity index (χ4v) is 10.6. The van der Waals surface area contributed by atoms with Crippen molar-refractivity contribution in [3.8, 4) is 21.9 Å². The summed E-state index contributed by atoms with van der Waals surface area (Å²) in [4.78, 5) is 73.0. The fraction of sp³-hybridized carbons (Fsp3) is 0.407. The summed E-state index contributed by atoms with van der Waals surface area (Å²) in [5.74, 6) is 0.249. The molecule has 1 aliphatic heterocycles. The predicted octanol–water partition coefficient (Wildman–Crippen LogP) is 9.47. The van der Waals surface area contributed by atoms with Crippen molar-refractivity contribution >= 4 is 95.1 Å². The molecule has 4 heterocycles. The van der Waals surface area contributed by atoms with Crippen molar-refractivity contribution in [3.05, 3.63) is 124 Å². The average Bonchev–Trinajstić information content (AvgIpc) is 2.50. The Bertz CT molecular complexity index is 3410. The summed E-state index contributed by atoms with van der Waals surface area (Å²) in [6.45, 7) is 15.7. The second-order valence-corrected chi connectivity index (χ2v) is 25.0. The van der Waals surface area contributed by atoms with Crippen LogP contribution in [-0.2, 0) is 54.4 Å². The molecule has 85 heavy (non-hydrogen) atoms. The van der Waals surface area contributed by atoms with Crippen molar-refractivity contribution in [2.24, 2.45) is 5.92 Å². The number of nitro benzene ring substituents is 1. The number of sulfone groups is 1. The number of nitrogens with one attached hydrogen (secondary N) is 3. The Kier molecular flexibility index (Phi) is 25.9. The van der Waals surface area contributed by atoms with Crippen molar-refractivity contribution in [3.63, 3.8) is 0 Å². The Morgan fingerprint density at radius 3 is 2.12 bits per heavy atom. The van der Waals surface area contributed by atoms with E-state index >= 15 is 0 Å². The highest BCUT2D eigenvalue weighted by Crippen LogP contribution is 2.38. The second-order valence-electron chi connectivity index (χ2n) is 20.6. The molecule has 0 aliphatic carbocycles. The molecule has 0 radical (unpaired) electrons. The van der Waals surface area contributed by atoms with Crippen LogP contribution in [0.25, 0.3) is 31.6 Å². The van der Waals surface area contributed by atoms with Gasteiger partial charge in [-0.25, -0.2) is 23.2 Å². The topological polar surface area (TPSA) is 288 Å². The lowest BCUT2D eigenvalue weighted by Gasteiger charge is -2.22. The van der Waals surface area contributed by atoms with Crippen LogP contribution >= 0.6 is 22.7 Å². The van der Waals surface area contributed by atoms with Gasteiger partial charge in [0, 0.05) is 60.7 Å². The van der Waals surface area contributed by atoms with Gasteiger partial charge in [0.2, 0.25) is 18.2 Å². The lowest BCUT2D eigenvalue weighted by atomic mass is 10.1. The van der Waals surface area contributed by atoms with Crippen LogP contribution in [0.5, 0.6) is 11.5 Å². The zero-order valence-electron chi connectivity index (χ0n) is 48.5. The second kappa shape index (κ2) is 33.1. The number of anilines is 2. The Balaban J connectivity index is 0.000000486. The number of hydrogen-bond donors (Lipinski definition) is 3. The summed E-state index contributed by atoms with van der Waals surface area (Å²) in [7, 11) is -3.83. The van der Waals surface area contributed by atoms with Crippen LogP contribution in [-0.4, -0.2) is 148 Å². The van der Waals surface area contributed by atoms with Crippen LogP contribution in [0.15, 0.2) is 107 Å². The molecule has 8 rings (SSSR count). The van der Waals surface area contributed by atoms with Gasteiger partial charge in [-0.15, -0.1) is 22.7 Å². The number of ether oxygens (including phenoxy) is 7. The lowest BCUT2D eigenvalue weighted by molar-refractivity contribution is -0.384. The maximum atomic E-state index is 13.8. The molecule has 1 fully saturated rings. The van der Waals surface area contributed by atoms with E-state index in [1.807, 2.05) is 42.8 Å². The van der Waals surface area contributed by atoms with Gasteiger partial charge in [0.25, 0.3) is 5.69 Å². The number of fused-ring (bicyclic) bond motifs is 2. The summed E-state index contributed by atoms with van der Waals surface area (Å²) in [6.07, 6.45) is 1.13. The minimum atomic E-state index is -3.83. The number of pyridine rings is 1. The number of amides is 3. The molecule has 456 valence electrons. The fourth-order valence-electron chi connectivity index (χ4n) is 7.83. The average molecular weight is 1230 g/mol. The number of carbonyl (C=O) groups is 4. The van der Waals surface area contributed by atoms with Gasteiger partial charge < -0.3 is 54.0 Å². The Morgan fingerprint density at radius 1 is 0.824 bits per heavy atom. The highest BCUT2D eigenvalue weighted by molar-refractivity contribution is 7.92. The third-order valence-electron chi connectivity index (χ3n) is 12.1. The van der Waals surface area contributed by atoms with Gasteiger partial charge in [0.15, 0.2) is 9.84 Å². The van der Waals surface area contributed by atoms with Crippen molar-refractivity contribution in [2.75, 3.05) is 84.4 Å². The smallest absolute Gasteiger partial charge is 0.490 e. The number of likely N-dealkylation sites (tertiary alicyclic amines) is 1. The molecule has 3 aromatic heterocycles. The molecule has 3 N–H and O–H groups in total. The largest absolute Gasteiger partial charge is 0.514 e. The zero-order valence-corrected chi connectivity index (χ0v) is 51.0. The first kappa shape index (κ1) is 66.4. The summed E-state index contributed by atoms with van der Waals surface area (Å²) >= 11 is 3.20. The van der Waals surface area contributed by atoms with Gasteiger partial charge in [-0.05, 0) is 87.2 Å². The minimum absolute atomic E-state index is 0.0574. The van der Waals surface area contributed by atoms with Crippen molar-refractivity contribution in [1.29, 1.82) is 0 Å². The number of non-ortho nitro benzene ring substituents is 1. The number of thiazole rings is 2. The van der Waals surface area contributed by atoms with E-state index in [2.05, 4.69) is 63.8 Å². The number of hydrogen-bond acceptors (Lipinski definition) is 21. The van der Waals surface area contributed by atoms with Crippen LogP contribution < -0.4 is 25.4 Å². The maximum Gasteiger partial charge on any atom is 0.514 e. The molecule has 26 heteroatoms. The molecule has 0 spiro atoms. The van der Waals surface area contributed by atoms with Crippen LogP contribution in [0.1, 0.15) is 59.2 Å². The molecular formula is C59H72N8O15S3. The third kappa shape index (κ3) is 21.1. The van der Waals surface area contributed by atoms with E-state index in [-0.39, 0.29) is 93.9 Å². The van der Waals surface area contributed by atoms with E-state index < -0.39 is 37.7 Å². The molecule has 1 atom stereocenters. The molecule has 1 unspecified atom stereocenters. The maximum absolute atomic E-state index is 13.8. The summed E-state index contributed by atoms with van der Waals surface area (Å²) in [6, 6.07) is 24.0. The minimum Gasteiger partial charge on any atom is -0.490 e. The van der Waals surface area contributed by atoms with Crippen LogP contribution in [0, 0.1) is 23.0 Å². The van der Waals surface area contributed by atoms with Gasteiger partial charge in [0.1, 0.15) is 35.7 Å². The van der Waals surface area contributed by atoms with Crippen LogP contribution in [0.3, 0.4) is 0 Å². The van der Waals surface area contributed by atoms with Gasteiger partial charge in [-0.1, -0.05) is 45.0 Å². The van der Waals surface area contributed by atoms with Gasteiger partial charge in [-0.2, -0.15) is 0 Å². The zero-order chi connectivity index (χ0) is 61.4. The van der Waals surface area contributed by atoms with E-state index in [0.717, 1.165) is 33.1 Å². The molecule has 0 bridgehead atoms. The molecule has 4 aromatic carbocycles. The van der Waals surface area contributed by atoms with Crippen LogP contribution in [0.2, 0.25) is 0 Å². The van der Waals surface area contributed by atoms with E-state index in [1.54, 1.807) is 73.4 Å². The number of benzene rings is 4. The van der Waals surface area contributed by atoms with Crippen molar-refractivity contribution < 1.29 is 65.7 Å². The lowest BCUT2D eigenvalue weighted by Crippen LogP contribution is -2.40. The molecule has 1 saturated heterocycles. The number of aryl methyl sites for hydroxylation is 1. The predicted molar refractivity (Wildman–Crippen MR) is 324 cm³/mol. The van der Waals surface area contributed by atoms with Gasteiger partial charge >= 0.3 is 6.16 Å². The quantitative estimate of drug-likeness (QED) is 0.0108. The number of aromatic nitrogens is 3. The Hall–Kier alpha value is -7.72. The highest BCUT2D eigenvalue weighted by Gasteiger charge is 2.34. The third-order valence-corrected chi connectivity index (χ3v) is 16.4. The van der Waals surface area contributed by atoms with Crippen molar-refractivity contribution in [2.45, 2.75) is 77.2 Å². The first-order valence-electron chi connectivity index (χ1n) is 27.3. The molecule has 1 aliphatic rings. The summed E-state index contributed by atoms with van der Waals surface area (Å²) < 4.78 is 65.8. The molecule has 23 nitrogen and oxygen atoms in total. The monoisotopic (exact) mass is 1230 g/mol. The van der Waals surface area contributed by atoms with Gasteiger partial charge in [-0.3, -0.25) is 29.5 Å². The number of nitro groups is 1. The molecule has 0 saturated carbocycles. The van der Waals surface area contributed by atoms with E-state index in [1.165, 1.54) is 39.6 Å².